The smallest absolute Gasteiger partial charge is 0.288 e. The fourth-order valence-electron chi connectivity index (χ4n) is 1.50. The second-order valence-corrected chi connectivity index (χ2v) is 4.62. The van der Waals surface area contributed by atoms with E-state index >= 15 is 0 Å². The molecule has 0 unspecified atom stereocenters. The van der Waals surface area contributed by atoms with Gasteiger partial charge in [0.1, 0.15) is 17.8 Å². The Kier molecular flexibility index (Phi) is 3.96. The molecule has 6 nitrogen and oxygen atoms in total. The molecule has 1 aromatic heterocycles. The lowest BCUT2D eigenvalue weighted by Gasteiger charge is -2.08. The summed E-state index contributed by atoms with van der Waals surface area (Å²) in [5.41, 5.74) is 0.634. The van der Waals surface area contributed by atoms with Gasteiger partial charge < -0.3 is 10.4 Å². The highest BCUT2D eigenvalue weighted by atomic mass is 79.9. The molecule has 2 rings (SSSR count). The fraction of sp³-hybridized carbons (Fsp3) is 0.0833. The van der Waals surface area contributed by atoms with Crippen molar-refractivity contribution in [2.75, 3.05) is 5.32 Å². The van der Waals surface area contributed by atoms with E-state index in [9.17, 15) is 15.2 Å². The Bertz CT molecular complexity index is 619. The summed E-state index contributed by atoms with van der Waals surface area (Å²) in [6, 6.07) is 8.30. The van der Waals surface area contributed by atoms with Crippen LogP contribution in [-0.4, -0.2) is 15.0 Å². The maximum Gasteiger partial charge on any atom is 0.288 e. The van der Waals surface area contributed by atoms with Crippen molar-refractivity contribution in [2.45, 2.75) is 6.54 Å². The maximum atomic E-state index is 10.6. The van der Waals surface area contributed by atoms with Gasteiger partial charge in [-0.1, -0.05) is 18.2 Å². The van der Waals surface area contributed by atoms with Crippen molar-refractivity contribution >= 4 is 27.4 Å². The molecule has 0 aliphatic heterocycles. The summed E-state index contributed by atoms with van der Waals surface area (Å²) in [5.74, 6) is 0.668. The number of phenolic OH excluding ortho intramolecular Hbond substituents is 1. The van der Waals surface area contributed by atoms with Crippen molar-refractivity contribution in [1.29, 1.82) is 0 Å². The number of halogens is 1. The van der Waals surface area contributed by atoms with Crippen LogP contribution in [0.3, 0.4) is 0 Å². The normalized spacial score (nSPS) is 10.2. The third-order valence-electron chi connectivity index (χ3n) is 2.48. The largest absolute Gasteiger partial charge is 0.508 e. The van der Waals surface area contributed by atoms with Gasteiger partial charge in [0.05, 0.1) is 9.40 Å². The number of pyridine rings is 1. The lowest BCUT2D eigenvalue weighted by molar-refractivity contribution is -0.385. The summed E-state index contributed by atoms with van der Waals surface area (Å²) in [6.07, 6.45) is 1.18. The minimum absolute atomic E-state index is 0.0833. The zero-order chi connectivity index (χ0) is 13.8. The van der Waals surface area contributed by atoms with Crippen LogP contribution >= 0.6 is 15.9 Å². The highest BCUT2D eigenvalue weighted by Gasteiger charge is 2.10. The van der Waals surface area contributed by atoms with Gasteiger partial charge in [-0.2, -0.15) is 0 Å². The average molecular weight is 324 g/mol. The van der Waals surface area contributed by atoms with Gasteiger partial charge in [-0.05, 0) is 22.0 Å². The van der Waals surface area contributed by atoms with Crippen LogP contribution in [0.25, 0.3) is 0 Å². The lowest BCUT2D eigenvalue weighted by Crippen LogP contribution is -2.03. The predicted molar refractivity (Wildman–Crippen MR) is 74.0 cm³/mol. The van der Waals surface area contributed by atoms with E-state index in [1.54, 1.807) is 18.2 Å². The van der Waals surface area contributed by atoms with Gasteiger partial charge in [-0.15, -0.1) is 0 Å². The van der Waals surface area contributed by atoms with Gasteiger partial charge in [-0.25, -0.2) is 4.98 Å². The van der Waals surface area contributed by atoms with Crippen LogP contribution in [0.2, 0.25) is 0 Å². The minimum atomic E-state index is -0.509. The summed E-state index contributed by atoms with van der Waals surface area (Å²) in [7, 11) is 0. The van der Waals surface area contributed by atoms with Crippen molar-refractivity contribution in [2.24, 2.45) is 0 Å². The minimum Gasteiger partial charge on any atom is -0.508 e. The fourth-order valence-corrected chi connectivity index (χ4v) is 1.97. The highest BCUT2D eigenvalue weighted by Crippen LogP contribution is 2.25. The van der Waals surface area contributed by atoms with E-state index in [0.717, 1.165) is 5.56 Å². The Hall–Kier alpha value is -2.15. The van der Waals surface area contributed by atoms with Crippen molar-refractivity contribution in [3.8, 4) is 5.75 Å². The first-order valence-corrected chi connectivity index (χ1v) is 6.18. The number of aromatic nitrogens is 1. The van der Waals surface area contributed by atoms with E-state index < -0.39 is 4.92 Å². The maximum absolute atomic E-state index is 10.6. The summed E-state index contributed by atoms with van der Waals surface area (Å²) >= 11 is 3.22. The van der Waals surface area contributed by atoms with Gasteiger partial charge in [0.2, 0.25) is 0 Å². The average Bonchev–Trinajstić information content (AvgIpc) is 2.39. The number of nitrogens with zero attached hydrogens (tertiary/aromatic N) is 2. The molecule has 7 heteroatoms. The van der Waals surface area contributed by atoms with Crippen LogP contribution in [0, 0.1) is 10.1 Å². The first-order chi connectivity index (χ1) is 9.08. The number of phenols is 1. The molecule has 2 N–H and O–H groups in total. The molecular formula is C12H10BrN3O3. The number of hydrogen-bond donors (Lipinski definition) is 2. The third kappa shape index (κ3) is 3.19. The van der Waals surface area contributed by atoms with Crippen LogP contribution in [-0.2, 0) is 6.54 Å². The SMILES string of the molecule is O=[N+]([O-])c1cnc(NCc2ccccc2O)c(Br)c1. The van der Waals surface area contributed by atoms with Gasteiger partial charge in [0.15, 0.2) is 0 Å². The van der Waals surface area contributed by atoms with Gasteiger partial charge >= 0.3 is 0 Å². The molecule has 0 spiro atoms. The van der Waals surface area contributed by atoms with Crippen LogP contribution < -0.4 is 5.32 Å². The van der Waals surface area contributed by atoms with Crippen molar-refractivity contribution in [1.82, 2.24) is 4.98 Å². The molecule has 19 heavy (non-hydrogen) atoms. The molecule has 0 atom stereocenters. The van der Waals surface area contributed by atoms with E-state index in [0.29, 0.717) is 16.8 Å². The van der Waals surface area contributed by atoms with Crippen molar-refractivity contribution in [3.63, 3.8) is 0 Å². The van der Waals surface area contributed by atoms with Gasteiger partial charge in [0.25, 0.3) is 5.69 Å². The Morgan fingerprint density at radius 2 is 2.16 bits per heavy atom. The molecule has 0 aliphatic rings. The van der Waals surface area contributed by atoms with Crippen molar-refractivity contribution < 1.29 is 10.0 Å². The molecule has 1 aromatic carbocycles. The number of nitro groups is 1. The highest BCUT2D eigenvalue weighted by molar-refractivity contribution is 9.10. The number of para-hydroxylation sites is 1. The molecular weight excluding hydrogens is 314 g/mol. The molecule has 0 bridgehead atoms. The summed E-state index contributed by atoms with van der Waals surface area (Å²) in [6.45, 7) is 0.371. The van der Waals surface area contributed by atoms with E-state index in [4.69, 9.17) is 0 Å². The van der Waals surface area contributed by atoms with Gasteiger partial charge in [-0.3, -0.25) is 10.1 Å². The number of anilines is 1. The third-order valence-corrected chi connectivity index (χ3v) is 3.08. The number of aromatic hydroxyl groups is 1. The summed E-state index contributed by atoms with van der Waals surface area (Å²) < 4.78 is 0.497. The Morgan fingerprint density at radius 3 is 2.79 bits per heavy atom. The molecule has 2 aromatic rings. The molecule has 98 valence electrons. The lowest BCUT2D eigenvalue weighted by atomic mass is 10.2. The second-order valence-electron chi connectivity index (χ2n) is 3.76. The molecule has 0 radical (unpaired) electrons. The van der Waals surface area contributed by atoms with E-state index in [1.807, 2.05) is 6.07 Å². The quantitative estimate of drug-likeness (QED) is 0.666. The zero-order valence-corrected chi connectivity index (χ0v) is 11.3. The van der Waals surface area contributed by atoms with Crippen LogP contribution in [0.1, 0.15) is 5.56 Å². The topological polar surface area (TPSA) is 88.3 Å². The first kappa shape index (κ1) is 13.3. The van der Waals surface area contributed by atoms with Gasteiger partial charge in [0, 0.05) is 18.2 Å². The number of rotatable bonds is 4. The first-order valence-electron chi connectivity index (χ1n) is 5.38. The molecule has 1 heterocycles. The number of benzene rings is 1. The Labute approximate surface area is 117 Å². The molecule has 0 aliphatic carbocycles. The molecule has 0 amide bonds. The zero-order valence-electron chi connectivity index (χ0n) is 9.71. The summed E-state index contributed by atoms with van der Waals surface area (Å²) in [5, 5.41) is 23.2. The standard InChI is InChI=1S/C12H10BrN3O3/c13-10-5-9(16(18)19)7-15-12(10)14-6-8-3-1-2-4-11(8)17/h1-5,7,17H,6H2,(H,14,15). The molecule has 0 fully saturated rings. The molecule has 0 saturated heterocycles. The Morgan fingerprint density at radius 1 is 1.42 bits per heavy atom. The van der Waals surface area contributed by atoms with Crippen LogP contribution in [0.15, 0.2) is 41.0 Å². The number of nitrogens with one attached hydrogen (secondary N) is 1. The second kappa shape index (κ2) is 5.66. The van der Waals surface area contributed by atoms with Crippen molar-refractivity contribution in [3.05, 3.63) is 56.7 Å². The number of hydrogen-bond acceptors (Lipinski definition) is 5. The van der Waals surface area contributed by atoms with E-state index in [1.165, 1.54) is 12.3 Å². The predicted octanol–water partition coefficient (Wildman–Crippen LogP) is 3.07. The van der Waals surface area contributed by atoms with Crippen LogP contribution in [0.5, 0.6) is 5.75 Å². The Balaban J connectivity index is 2.12. The van der Waals surface area contributed by atoms with E-state index in [-0.39, 0.29) is 11.4 Å². The van der Waals surface area contributed by atoms with E-state index in [2.05, 4.69) is 26.2 Å². The van der Waals surface area contributed by atoms with Crippen LogP contribution in [0.4, 0.5) is 11.5 Å². The summed E-state index contributed by atoms with van der Waals surface area (Å²) in [4.78, 5) is 14.0. The monoisotopic (exact) mass is 323 g/mol. The molecule has 0 saturated carbocycles.